The van der Waals surface area contributed by atoms with Crippen LogP contribution < -0.4 is 10.0 Å². The Morgan fingerprint density at radius 2 is 1.72 bits per heavy atom. The lowest BCUT2D eigenvalue weighted by Gasteiger charge is -2.09. The fourth-order valence-corrected chi connectivity index (χ4v) is 3.85. The van der Waals surface area contributed by atoms with Crippen molar-refractivity contribution < 1.29 is 18.1 Å². The molecular formula is C19H21N7O5S. The van der Waals surface area contributed by atoms with Gasteiger partial charge in [0.2, 0.25) is 11.9 Å². The molecule has 0 spiro atoms. The van der Waals surface area contributed by atoms with Gasteiger partial charge in [0.25, 0.3) is 10.0 Å². The molecule has 2 N–H and O–H groups in total. The highest BCUT2D eigenvalue weighted by molar-refractivity contribution is 7.92. The van der Waals surface area contributed by atoms with Crippen LogP contribution in [0.4, 0.5) is 17.5 Å². The third kappa shape index (κ3) is 5.63. The van der Waals surface area contributed by atoms with Crippen molar-refractivity contribution in [2.45, 2.75) is 38.6 Å². The summed E-state index contributed by atoms with van der Waals surface area (Å²) >= 11 is 0. The lowest BCUT2D eigenvalue weighted by atomic mass is 10.3. The Bertz CT molecular complexity index is 1250. The maximum atomic E-state index is 12.6. The number of nitrogens with one attached hydrogen (secondary N) is 2. The zero-order chi connectivity index (χ0) is 23.5. The van der Waals surface area contributed by atoms with Gasteiger partial charge in [0.1, 0.15) is 0 Å². The van der Waals surface area contributed by atoms with Crippen LogP contribution in [-0.4, -0.2) is 39.0 Å². The molecule has 0 unspecified atom stereocenters. The van der Waals surface area contributed by atoms with Crippen molar-refractivity contribution in [3.05, 3.63) is 63.6 Å². The minimum atomic E-state index is -3.90. The second kappa shape index (κ2) is 9.09. The van der Waals surface area contributed by atoms with Gasteiger partial charge in [-0.2, -0.15) is 4.68 Å². The molecule has 2 heterocycles. The fraction of sp³-hybridized carbons (Fsp3) is 0.263. The molecule has 0 saturated carbocycles. The van der Waals surface area contributed by atoms with Crippen LogP contribution in [0.1, 0.15) is 23.5 Å². The summed E-state index contributed by atoms with van der Waals surface area (Å²) in [6.07, 6.45) is 0.0331. The molecule has 0 aliphatic heterocycles. The van der Waals surface area contributed by atoms with Crippen LogP contribution in [0.15, 0.2) is 41.3 Å². The van der Waals surface area contributed by atoms with E-state index in [0.29, 0.717) is 22.8 Å². The molecule has 3 aromatic rings. The van der Waals surface area contributed by atoms with Crippen LogP contribution in [0, 0.1) is 30.9 Å². The fourth-order valence-electron chi connectivity index (χ4n) is 2.91. The third-order valence-electron chi connectivity index (χ3n) is 4.36. The first-order valence-corrected chi connectivity index (χ1v) is 11.0. The van der Waals surface area contributed by atoms with Crippen LogP contribution in [0.5, 0.6) is 0 Å². The van der Waals surface area contributed by atoms with Crippen LogP contribution in [0.2, 0.25) is 0 Å². The molecule has 12 nitrogen and oxygen atoms in total. The van der Waals surface area contributed by atoms with Crippen molar-refractivity contribution in [1.29, 1.82) is 0 Å². The van der Waals surface area contributed by atoms with E-state index in [2.05, 4.69) is 25.1 Å². The number of hydrogen-bond donors (Lipinski definition) is 2. The summed E-state index contributed by atoms with van der Waals surface area (Å²) in [6, 6.07) is 8.67. The predicted octanol–water partition coefficient (Wildman–Crippen LogP) is 2.34. The summed E-state index contributed by atoms with van der Waals surface area (Å²) in [7, 11) is -3.90. The molecule has 1 aromatic carbocycles. The molecule has 0 bridgehead atoms. The molecule has 3 rings (SSSR count). The normalized spacial score (nSPS) is 11.2. The second-order valence-electron chi connectivity index (χ2n) is 7.03. The predicted molar refractivity (Wildman–Crippen MR) is 116 cm³/mol. The zero-order valence-corrected chi connectivity index (χ0v) is 18.4. The molecule has 2 aromatic heterocycles. The summed E-state index contributed by atoms with van der Waals surface area (Å²) < 4.78 is 28.8. The Morgan fingerprint density at radius 1 is 1.09 bits per heavy atom. The van der Waals surface area contributed by atoms with Gasteiger partial charge in [0, 0.05) is 23.5 Å². The number of hydrogen-bond acceptors (Lipinski definition) is 8. The van der Waals surface area contributed by atoms with Gasteiger partial charge in [0.05, 0.1) is 28.3 Å². The lowest BCUT2D eigenvalue weighted by molar-refractivity contribution is -0.389. The van der Waals surface area contributed by atoms with Gasteiger partial charge >= 0.3 is 5.82 Å². The molecule has 0 atom stereocenters. The Labute approximate surface area is 183 Å². The van der Waals surface area contributed by atoms with E-state index in [9.17, 15) is 23.3 Å². The molecule has 168 valence electrons. The number of anilines is 2. The van der Waals surface area contributed by atoms with E-state index in [1.165, 1.54) is 35.0 Å². The topological polar surface area (TPSA) is 162 Å². The smallest absolute Gasteiger partial charge is 0.358 e. The molecule has 13 heteroatoms. The number of sulfonamides is 1. The highest BCUT2D eigenvalue weighted by Gasteiger charge is 2.18. The van der Waals surface area contributed by atoms with Crippen molar-refractivity contribution in [3.8, 4) is 0 Å². The number of amides is 1. The summed E-state index contributed by atoms with van der Waals surface area (Å²) in [5, 5.41) is 17.2. The molecule has 0 aliphatic carbocycles. The maximum absolute atomic E-state index is 12.6. The molecule has 32 heavy (non-hydrogen) atoms. The number of nitrogens with zero attached hydrogens (tertiary/aromatic N) is 5. The van der Waals surface area contributed by atoms with Gasteiger partial charge in [-0.05, 0) is 56.0 Å². The number of aromatic nitrogens is 4. The highest BCUT2D eigenvalue weighted by atomic mass is 32.2. The number of rotatable bonds is 8. The van der Waals surface area contributed by atoms with Gasteiger partial charge in [-0.1, -0.05) is 0 Å². The number of aryl methyl sites for hydroxylation is 4. The number of nitro groups is 1. The number of carbonyl (C=O) groups is 1. The Kier molecular flexibility index (Phi) is 6.48. The standard InChI is InChI=1S/C19H21N7O5S/c1-12-10-13(2)21-19(20-12)24-32(30,31)16-6-4-15(5-7-16)22-18(27)8-9-25-14(3)11-17(23-25)26(28)29/h4-7,10-11H,8-9H2,1-3H3,(H,22,27)(H,20,21,24). The minimum absolute atomic E-state index is 0.0160. The maximum Gasteiger partial charge on any atom is 0.390 e. The van der Waals surface area contributed by atoms with Crippen LogP contribution in [0.25, 0.3) is 0 Å². The van der Waals surface area contributed by atoms with Crippen molar-refractivity contribution in [2.75, 3.05) is 10.0 Å². The Morgan fingerprint density at radius 3 is 2.28 bits per heavy atom. The van der Waals surface area contributed by atoms with E-state index in [0.717, 1.165) is 0 Å². The highest BCUT2D eigenvalue weighted by Crippen LogP contribution is 2.17. The first kappa shape index (κ1) is 22.8. The Hall–Kier alpha value is -3.87. The third-order valence-corrected chi connectivity index (χ3v) is 5.71. The summed E-state index contributed by atoms with van der Waals surface area (Å²) in [4.78, 5) is 30.5. The Balaban J connectivity index is 1.61. The average Bonchev–Trinajstić information content (AvgIpc) is 3.06. The molecular weight excluding hydrogens is 438 g/mol. The first-order chi connectivity index (χ1) is 15.0. The molecule has 0 radical (unpaired) electrons. The van der Waals surface area contributed by atoms with Gasteiger partial charge in [0.15, 0.2) is 0 Å². The molecule has 0 saturated heterocycles. The van der Waals surface area contributed by atoms with E-state index < -0.39 is 14.9 Å². The van der Waals surface area contributed by atoms with E-state index in [1.54, 1.807) is 26.8 Å². The first-order valence-electron chi connectivity index (χ1n) is 9.47. The van der Waals surface area contributed by atoms with Gasteiger partial charge in [-0.3, -0.25) is 4.79 Å². The second-order valence-corrected chi connectivity index (χ2v) is 8.71. The zero-order valence-electron chi connectivity index (χ0n) is 17.6. The van der Waals surface area contributed by atoms with Crippen LogP contribution >= 0.6 is 0 Å². The van der Waals surface area contributed by atoms with E-state index in [4.69, 9.17) is 0 Å². The molecule has 0 aliphatic rings. The molecule has 1 amide bonds. The van der Waals surface area contributed by atoms with Crippen molar-refractivity contribution in [3.63, 3.8) is 0 Å². The average molecular weight is 459 g/mol. The van der Waals surface area contributed by atoms with E-state index in [1.807, 2.05) is 0 Å². The lowest BCUT2D eigenvalue weighted by Crippen LogP contribution is -2.17. The number of benzene rings is 1. The largest absolute Gasteiger partial charge is 0.390 e. The van der Waals surface area contributed by atoms with Gasteiger partial charge < -0.3 is 15.4 Å². The SMILES string of the molecule is Cc1cc(C)nc(NS(=O)(=O)c2ccc(NC(=O)CCn3nc([N+](=O)[O-])cc3C)cc2)n1. The van der Waals surface area contributed by atoms with E-state index in [-0.39, 0.29) is 35.5 Å². The summed E-state index contributed by atoms with van der Waals surface area (Å²) in [6.45, 7) is 5.30. The summed E-state index contributed by atoms with van der Waals surface area (Å²) in [5.41, 5.74) is 2.24. The van der Waals surface area contributed by atoms with Gasteiger partial charge in [-0.25, -0.2) is 23.1 Å². The van der Waals surface area contributed by atoms with Crippen LogP contribution in [-0.2, 0) is 21.4 Å². The van der Waals surface area contributed by atoms with Crippen LogP contribution in [0.3, 0.4) is 0 Å². The number of carbonyl (C=O) groups excluding carboxylic acids is 1. The van der Waals surface area contributed by atoms with Crippen molar-refractivity contribution >= 4 is 33.4 Å². The minimum Gasteiger partial charge on any atom is -0.358 e. The van der Waals surface area contributed by atoms with Gasteiger partial charge in [-0.15, -0.1) is 0 Å². The van der Waals surface area contributed by atoms with Crippen molar-refractivity contribution in [2.24, 2.45) is 0 Å². The molecule has 0 fully saturated rings. The summed E-state index contributed by atoms with van der Waals surface area (Å²) in [5.74, 6) is -0.645. The van der Waals surface area contributed by atoms with Crippen molar-refractivity contribution in [1.82, 2.24) is 19.7 Å². The quantitative estimate of drug-likeness (QED) is 0.383. The van der Waals surface area contributed by atoms with E-state index >= 15 is 0 Å². The monoisotopic (exact) mass is 459 g/mol.